The molecule has 0 radical (unpaired) electrons. The number of nitrogens with one attached hydrogen (secondary N) is 1. The molecule has 1 unspecified atom stereocenters. The molecule has 1 atom stereocenters. The minimum absolute atomic E-state index is 0.339. The molecule has 2 aliphatic heterocycles. The molecule has 0 aromatic rings. The van der Waals surface area contributed by atoms with Crippen LogP contribution in [0.2, 0.25) is 0 Å². The van der Waals surface area contributed by atoms with Gasteiger partial charge in [0.15, 0.2) is 0 Å². The van der Waals surface area contributed by atoms with E-state index in [2.05, 4.69) is 17.3 Å². The Morgan fingerprint density at radius 2 is 2.19 bits per heavy atom. The summed E-state index contributed by atoms with van der Waals surface area (Å²) in [6, 6.07) is 0.476. The zero-order valence-corrected chi connectivity index (χ0v) is 10.7. The summed E-state index contributed by atoms with van der Waals surface area (Å²) >= 11 is 0. The maximum atomic E-state index is 11.6. The summed E-state index contributed by atoms with van der Waals surface area (Å²) in [7, 11) is -0.796. The lowest BCUT2D eigenvalue weighted by molar-refractivity contribution is 0.183. The quantitative estimate of drug-likeness (QED) is 0.718. The van der Waals surface area contributed by atoms with Crippen LogP contribution >= 0.6 is 0 Å². The van der Waals surface area contributed by atoms with E-state index in [1.807, 2.05) is 0 Å². The Balaban J connectivity index is 1.82. The van der Waals surface area contributed by atoms with Gasteiger partial charge in [0.25, 0.3) is 0 Å². The Morgan fingerprint density at radius 3 is 2.81 bits per heavy atom. The number of likely N-dealkylation sites (N-methyl/N-ethyl adjacent to an activating group) is 1. The van der Waals surface area contributed by atoms with E-state index in [4.69, 9.17) is 0 Å². The van der Waals surface area contributed by atoms with E-state index in [1.54, 1.807) is 4.31 Å². The molecule has 0 aromatic carbocycles. The molecule has 5 nitrogen and oxygen atoms in total. The van der Waals surface area contributed by atoms with E-state index in [9.17, 15) is 8.42 Å². The lowest BCUT2D eigenvalue weighted by Crippen LogP contribution is -2.50. The number of nitrogens with zero attached hydrogens (tertiary/aromatic N) is 2. The zero-order valence-electron chi connectivity index (χ0n) is 9.85. The van der Waals surface area contributed by atoms with Crippen LogP contribution in [0.4, 0.5) is 0 Å². The molecule has 2 heterocycles. The molecule has 0 aromatic heterocycles. The lowest BCUT2D eigenvalue weighted by Gasteiger charge is -2.33. The van der Waals surface area contributed by atoms with Gasteiger partial charge in [0.1, 0.15) is 0 Å². The maximum absolute atomic E-state index is 11.6. The van der Waals surface area contributed by atoms with Gasteiger partial charge in [0, 0.05) is 38.8 Å². The smallest absolute Gasteiger partial charge is 0.214 e. The second kappa shape index (κ2) is 5.00. The predicted molar refractivity (Wildman–Crippen MR) is 63.9 cm³/mol. The normalized spacial score (nSPS) is 31.9. The average molecular weight is 247 g/mol. The van der Waals surface area contributed by atoms with E-state index >= 15 is 0 Å². The molecular weight excluding hydrogens is 226 g/mol. The van der Waals surface area contributed by atoms with Crippen LogP contribution in [0.15, 0.2) is 0 Å². The van der Waals surface area contributed by atoms with Crippen LogP contribution in [-0.2, 0) is 10.0 Å². The van der Waals surface area contributed by atoms with Gasteiger partial charge in [-0.1, -0.05) is 0 Å². The number of piperazine rings is 1. The first kappa shape index (κ1) is 12.3. The molecule has 0 saturated carbocycles. The third kappa shape index (κ3) is 2.74. The average Bonchev–Trinajstić information content (AvgIpc) is 2.57. The fourth-order valence-corrected chi connectivity index (χ4v) is 3.96. The van der Waals surface area contributed by atoms with Crippen molar-refractivity contribution in [3.8, 4) is 0 Å². The van der Waals surface area contributed by atoms with Crippen molar-refractivity contribution >= 4 is 10.0 Å². The Kier molecular flexibility index (Phi) is 3.84. The summed E-state index contributed by atoms with van der Waals surface area (Å²) in [5.41, 5.74) is 0. The summed E-state index contributed by atoms with van der Waals surface area (Å²) in [6.45, 7) is 4.46. The lowest BCUT2D eigenvalue weighted by atomic mass is 10.1. The molecule has 0 bridgehead atoms. The van der Waals surface area contributed by atoms with Crippen molar-refractivity contribution in [1.29, 1.82) is 0 Å². The monoisotopic (exact) mass is 247 g/mol. The fraction of sp³-hybridized carbons (Fsp3) is 1.00. The second-order valence-electron chi connectivity index (χ2n) is 4.70. The highest BCUT2D eigenvalue weighted by Crippen LogP contribution is 2.15. The first-order valence-electron chi connectivity index (χ1n) is 5.98. The summed E-state index contributed by atoms with van der Waals surface area (Å²) < 4.78 is 24.9. The third-order valence-corrected chi connectivity index (χ3v) is 5.52. The highest BCUT2D eigenvalue weighted by atomic mass is 32.2. The molecule has 0 spiro atoms. The van der Waals surface area contributed by atoms with Crippen molar-refractivity contribution in [2.24, 2.45) is 0 Å². The van der Waals surface area contributed by atoms with Crippen LogP contribution in [0.25, 0.3) is 0 Å². The molecule has 0 amide bonds. The van der Waals surface area contributed by atoms with Gasteiger partial charge in [-0.05, 0) is 19.9 Å². The van der Waals surface area contributed by atoms with E-state index in [-0.39, 0.29) is 0 Å². The topological polar surface area (TPSA) is 52.6 Å². The first-order valence-corrected chi connectivity index (χ1v) is 7.59. The number of hydrogen-bond acceptors (Lipinski definition) is 4. The Labute approximate surface area is 97.8 Å². The largest absolute Gasteiger partial charge is 0.314 e. The van der Waals surface area contributed by atoms with Gasteiger partial charge in [0.2, 0.25) is 10.0 Å². The van der Waals surface area contributed by atoms with Gasteiger partial charge in [-0.15, -0.1) is 0 Å². The van der Waals surface area contributed by atoms with Crippen molar-refractivity contribution in [3.05, 3.63) is 0 Å². The SMILES string of the molecule is CN1CCNCC1CCN1CCCS1(=O)=O. The second-order valence-corrected chi connectivity index (χ2v) is 6.78. The molecule has 94 valence electrons. The van der Waals surface area contributed by atoms with Crippen LogP contribution in [-0.4, -0.2) is 69.2 Å². The molecule has 0 aliphatic carbocycles. The molecule has 2 aliphatic rings. The Hall–Kier alpha value is -0.170. The van der Waals surface area contributed by atoms with Crippen LogP contribution in [0, 0.1) is 0 Å². The van der Waals surface area contributed by atoms with Crippen molar-refractivity contribution in [1.82, 2.24) is 14.5 Å². The Morgan fingerprint density at radius 1 is 1.38 bits per heavy atom. The third-order valence-electron chi connectivity index (χ3n) is 3.56. The highest BCUT2D eigenvalue weighted by Gasteiger charge is 2.29. The summed E-state index contributed by atoms with van der Waals surface area (Å²) in [5.74, 6) is 0.339. The van der Waals surface area contributed by atoms with Crippen LogP contribution in [0.3, 0.4) is 0 Å². The van der Waals surface area contributed by atoms with E-state index in [0.29, 0.717) is 24.9 Å². The molecule has 2 saturated heterocycles. The van der Waals surface area contributed by atoms with Gasteiger partial charge >= 0.3 is 0 Å². The van der Waals surface area contributed by atoms with Gasteiger partial charge in [-0.25, -0.2) is 12.7 Å². The van der Waals surface area contributed by atoms with Crippen LogP contribution in [0.1, 0.15) is 12.8 Å². The van der Waals surface area contributed by atoms with Gasteiger partial charge in [0.05, 0.1) is 5.75 Å². The van der Waals surface area contributed by atoms with E-state index in [0.717, 1.165) is 32.5 Å². The zero-order chi connectivity index (χ0) is 11.6. The van der Waals surface area contributed by atoms with Crippen molar-refractivity contribution in [2.75, 3.05) is 45.5 Å². The first-order chi connectivity index (χ1) is 7.59. The number of rotatable bonds is 3. The minimum atomic E-state index is -2.91. The molecule has 6 heteroatoms. The number of sulfonamides is 1. The molecule has 1 N–H and O–H groups in total. The van der Waals surface area contributed by atoms with Crippen LogP contribution < -0.4 is 5.32 Å². The molecule has 2 fully saturated rings. The van der Waals surface area contributed by atoms with E-state index < -0.39 is 10.0 Å². The molecule has 2 rings (SSSR count). The molecular formula is C10H21N3O2S. The van der Waals surface area contributed by atoms with Gasteiger partial charge < -0.3 is 10.2 Å². The van der Waals surface area contributed by atoms with Crippen LogP contribution in [0.5, 0.6) is 0 Å². The van der Waals surface area contributed by atoms with Crippen molar-refractivity contribution in [2.45, 2.75) is 18.9 Å². The molecule has 16 heavy (non-hydrogen) atoms. The Bertz CT molecular complexity index is 331. The maximum Gasteiger partial charge on any atom is 0.214 e. The van der Waals surface area contributed by atoms with Gasteiger partial charge in [-0.2, -0.15) is 0 Å². The van der Waals surface area contributed by atoms with E-state index in [1.165, 1.54) is 0 Å². The van der Waals surface area contributed by atoms with Crippen molar-refractivity contribution < 1.29 is 8.42 Å². The fourth-order valence-electron chi connectivity index (χ4n) is 2.42. The van der Waals surface area contributed by atoms with Crippen molar-refractivity contribution in [3.63, 3.8) is 0 Å². The summed E-state index contributed by atoms with van der Waals surface area (Å²) in [4.78, 5) is 2.32. The van der Waals surface area contributed by atoms with Gasteiger partial charge in [-0.3, -0.25) is 0 Å². The highest BCUT2D eigenvalue weighted by molar-refractivity contribution is 7.89. The predicted octanol–water partition coefficient (Wildman–Crippen LogP) is -0.684. The standard InChI is InChI=1S/C10H21N3O2S/c1-12-7-4-11-9-10(12)3-6-13-5-2-8-16(13,14)15/h10-11H,2-9H2,1H3. The summed E-state index contributed by atoms with van der Waals surface area (Å²) in [5, 5.41) is 3.35. The number of hydrogen-bond donors (Lipinski definition) is 1. The summed E-state index contributed by atoms with van der Waals surface area (Å²) in [6.07, 6.45) is 1.73. The minimum Gasteiger partial charge on any atom is -0.314 e.